The summed E-state index contributed by atoms with van der Waals surface area (Å²) in [6.45, 7) is 1.92. The second kappa shape index (κ2) is 13.5. The minimum atomic E-state index is -0.139. The largest absolute Gasteiger partial charge is 0.464 e. The molecule has 4 aliphatic heterocycles. The molecule has 4 aliphatic rings. The Balaban J connectivity index is 0.818. The van der Waals surface area contributed by atoms with E-state index in [4.69, 9.17) is 23.4 Å². The lowest BCUT2D eigenvalue weighted by atomic mass is 9.34. The predicted molar refractivity (Wildman–Crippen MR) is 263 cm³/mol. The van der Waals surface area contributed by atoms with Crippen molar-refractivity contribution in [2.45, 2.75) is 6.92 Å². The number of fused-ring (bicyclic) bond motifs is 10. The molecule has 67 heavy (non-hydrogen) atoms. The SMILES string of the molecule is Cc1cn(-c2ccc3c(c2)B2c4cc(-c5coc(-c6ccc7c(c6)B6c8cc(-n9[c-][n+](C)c%10ccccc%109)ccc8Oc8cccc(c86)O7)c5)ccc4Oc4cccc(c42)O3)c2ccccc12. The average Bonchev–Trinajstić information content (AvgIpc) is 4.09. The van der Waals surface area contributed by atoms with E-state index in [-0.39, 0.29) is 13.4 Å². The molecule has 0 unspecified atom stereocenters. The first-order valence-electron chi connectivity index (χ1n) is 22.6. The first-order chi connectivity index (χ1) is 33.0. The third-order valence-electron chi connectivity index (χ3n) is 14.2. The predicted octanol–water partition coefficient (Wildman–Crippen LogP) is 8.89. The molecule has 0 aliphatic carbocycles. The van der Waals surface area contributed by atoms with E-state index in [9.17, 15) is 0 Å². The lowest BCUT2D eigenvalue weighted by Crippen LogP contribution is -2.57. The zero-order valence-electron chi connectivity index (χ0n) is 36.3. The molecule has 8 aromatic carbocycles. The summed E-state index contributed by atoms with van der Waals surface area (Å²) in [6.07, 6.45) is 7.59. The Bertz CT molecular complexity index is 3680. The summed E-state index contributed by atoms with van der Waals surface area (Å²) >= 11 is 0. The molecule has 3 aromatic heterocycles. The van der Waals surface area contributed by atoms with E-state index in [1.165, 1.54) is 16.5 Å². The van der Waals surface area contributed by atoms with Crippen molar-refractivity contribution in [3.8, 4) is 79.8 Å². The molecule has 15 rings (SSSR count). The highest BCUT2D eigenvalue weighted by molar-refractivity contribution is 6.99. The average molecular weight is 864 g/mol. The molecule has 0 radical (unpaired) electrons. The molecule has 0 spiro atoms. The van der Waals surface area contributed by atoms with Crippen molar-refractivity contribution in [3.05, 3.63) is 188 Å². The molecule has 8 nitrogen and oxygen atoms in total. The van der Waals surface area contributed by atoms with Crippen molar-refractivity contribution in [2.24, 2.45) is 7.05 Å². The molecule has 11 aromatic rings. The van der Waals surface area contributed by atoms with Crippen LogP contribution in [0.3, 0.4) is 0 Å². The molecule has 0 amide bonds. The minimum absolute atomic E-state index is 0.110. The van der Waals surface area contributed by atoms with Crippen molar-refractivity contribution < 1.29 is 27.9 Å². The molecule has 7 heterocycles. The Hall–Kier alpha value is -8.62. The van der Waals surface area contributed by atoms with Gasteiger partial charge in [0, 0.05) is 39.3 Å². The molecule has 0 saturated carbocycles. The Labute approximate surface area is 385 Å². The standard InChI is InChI=1S/C57H35B2N3O5/c1-33-30-61(44-10-4-3-9-39(33)44)37-19-23-49-42(28-37)58-40-25-34(17-21-47(40)64-51-13-7-15-53(66-49)56(51)58)36-27-55(63-31-36)35-18-22-48-41(26-35)59-43-29-38(62-32-60(2)45-11-5-6-12-46(45)62)20-24-50(43)67-54-16-8-14-52(65-48)57(54)59/h3-31H,1-2H3. The molecule has 0 saturated heterocycles. The van der Waals surface area contributed by atoms with Gasteiger partial charge in [0.1, 0.15) is 51.8 Å². The van der Waals surface area contributed by atoms with Crippen LogP contribution in [0.5, 0.6) is 46.0 Å². The van der Waals surface area contributed by atoms with Crippen LogP contribution in [0, 0.1) is 13.3 Å². The van der Waals surface area contributed by atoms with E-state index in [0.717, 1.165) is 124 Å². The summed E-state index contributed by atoms with van der Waals surface area (Å²) in [4.78, 5) is 0. The van der Waals surface area contributed by atoms with E-state index in [1.807, 2.05) is 54.3 Å². The van der Waals surface area contributed by atoms with Crippen LogP contribution in [0.25, 0.3) is 55.8 Å². The second-order valence-corrected chi connectivity index (χ2v) is 17.9. The van der Waals surface area contributed by atoms with Crippen molar-refractivity contribution in [3.63, 3.8) is 0 Å². The van der Waals surface area contributed by atoms with Gasteiger partial charge in [-0.25, -0.2) is 0 Å². The fraction of sp³-hybridized carbons (Fsp3) is 0.0351. The van der Waals surface area contributed by atoms with Gasteiger partial charge in [-0.2, -0.15) is 0 Å². The van der Waals surface area contributed by atoms with Crippen molar-refractivity contribution in [1.82, 2.24) is 9.13 Å². The number of benzene rings is 8. The van der Waals surface area contributed by atoms with E-state index in [1.54, 1.807) is 0 Å². The maximum Gasteiger partial charge on any atom is 0.260 e. The van der Waals surface area contributed by atoms with Crippen LogP contribution in [0.4, 0.5) is 0 Å². The lowest BCUT2D eigenvalue weighted by molar-refractivity contribution is -0.649. The number of ether oxygens (including phenoxy) is 4. The number of aryl methyl sites for hydroxylation is 2. The van der Waals surface area contributed by atoms with Gasteiger partial charge in [0.15, 0.2) is 0 Å². The van der Waals surface area contributed by atoms with Crippen LogP contribution < -0.4 is 56.3 Å². The fourth-order valence-electron chi connectivity index (χ4n) is 11.1. The molecule has 0 N–H and O–H groups in total. The van der Waals surface area contributed by atoms with Gasteiger partial charge in [0.05, 0.1) is 35.5 Å². The molecule has 0 fully saturated rings. The monoisotopic (exact) mass is 863 g/mol. The van der Waals surface area contributed by atoms with Crippen LogP contribution in [-0.2, 0) is 7.05 Å². The third-order valence-corrected chi connectivity index (χ3v) is 14.2. The summed E-state index contributed by atoms with van der Waals surface area (Å²) in [6, 6.07) is 56.9. The zero-order valence-corrected chi connectivity index (χ0v) is 36.3. The number of imidazole rings is 1. The first-order valence-corrected chi connectivity index (χ1v) is 22.6. The highest BCUT2D eigenvalue weighted by atomic mass is 16.5. The van der Waals surface area contributed by atoms with E-state index in [2.05, 4.69) is 156 Å². The van der Waals surface area contributed by atoms with Gasteiger partial charge < -0.3 is 37.1 Å². The van der Waals surface area contributed by atoms with Crippen LogP contribution in [0.1, 0.15) is 5.56 Å². The topological polar surface area (TPSA) is 63.8 Å². The molecular weight excluding hydrogens is 828 g/mol. The van der Waals surface area contributed by atoms with E-state index >= 15 is 0 Å². The van der Waals surface area contributed by atoms with Crippen molar-refractivity contribution in [1.29, 1.82) is 0 Å². The quantitative estimate of drug-likeness (QED) is 0.101. The maximum atomic E-state index is 6.64. The summed E-state index contributed by atoms with van der Waals surface area (Å²) in [5, 5.41) is 1.24. The molecule has 0 bridgehead atoms. The van der Waals surface area contributed by atoms with E-state index in [0.29, 0.717) is 0 Å². The fourth-order valence-corrected chi connectivity index (χ4v) is 11.1. The van der Waals surface area contributed by atoms with Crippen LogP contribution in [0.2, 0.25) is 0 Å². The number of hydrogen-bond donors (Lipinski definition) is 0. The second-order valence-electron chi connectivity index (χ2n) is 17.9. The first kappa shape index (κ1) is 36.7. The van der Waals surface area contributed by atoms with Gasteiger partial charge in [0.25, 0.3) is 13.4 Å². The highest BCUT2D eigenvalue weighted by Crippen LogP contribution is 2.39. The molecular formula is C57H35B2N3O5. The Morgan fingerprint density at radius 3 is 1.69 bits per heavy atom. The Kier molecular flexibility index (Phi) is 7.37. The molecule has 10 heteroatoms. The van der Waals surface area contributed by atoms with Gasteiger partial charge in [-0.1, -0.05) is 84.9 Å². The summed E-state index contributed by atoms with van der Waals surface area (Å²) in [7, 11) is 2.03. The summed E-state index contributed by atoms with van der Waals surface area (Å²) in [5.74, 6) is 7.28. The number of rotatable bonds is 4. The third kappa shape index (κ3) is 5.29. The zero-order chi connectivity index (χ0) is 44.1. The maximum absolute atomic E-state index is 6.64. The number of para-hydroxylation sites is 3. The van der Waals surface area contributed by atoms with E-state index < -0.39 is 0 Å². The van der Waals surface area contributed by atoms with Crippen molar-refractivity contribution >= 4 is 68.1 Å². The number of aromatic nitrogens is 3. The Morgan fingerprint density at radius 2 is 1.01 bits per heavy atom. The number of furan rings is 1. The van der Waals surface area contributed by atoms with Crippen LogP contribution in [0.15, 0.2) is 181 Å². The number of hydrogen-bond acceptors (Lipinski definition) is 5. The van der Waals surface area contributed by atoms with Gasteiger partial charge in [0.2, 0.25) is 6.33 Å². The Morgan fingerprint density at radius 1 is 0.478 bits per heavy atom. The molecule has 314 valence electrons. The van der Waals surface area contributed by atoms with Gasteiger partial charge in [-0.15, -0.1) is 0 Å². The van der Waals surface area contributed by atoms with Gasteiger partial charge in [-0.05, 0) is 119 Å². The molecule has 0 atom stereocenters. The normalized spacial score (nSPS) is 13.3. The highest BCUT2D eigenvalue weighted by Gasteiger charge is 2.42. The smallest absolute Gasteiger partial charge is 0.260 e. The minimum Gasteiger partial charge on any atom is -0.464 e. The summed E-state index contributed by atoms with van der Waals surface area (Å²) in [5.41, 5.74) is 16.0. The van der Waals surface area contributed by atoms with Crippen LogP contribution in [-0.4, -0.2) is 22.6 Å². The van der Waals surface area contributed by atoms with Crippen molar-refractivity contribution in [2.75, 3.05) is 0 Å². The van der Waals surface area contributed by atoms with Gasteiger partial charge in [-0.3, -0.25) is 0 Å². The summed E-state index contributed by atoms with van der Waals surface area (Å²) < 4.78 is 39.4. The van der Waals surface area contributed by atoms with Crippen LogP contribution >= 0.6 is 0 Å². The number of nitrogens with zero attached hydrogens (tertiary/aromatic N) is 3. The lowest BCUT2D eigenvalue weighted by Gasteiger charge is -2.33. The van der Waals surface area contributed by atoms with Gasteiger partial charge >= 0.3 is 0 Å².